The van der Waals surface area contributed by atoms with Crippen molar-refractivity contribution in [3.63, 3.8) is 0 Å². The SMILES string of the molecule is CCCCCCCCCCNCC(=O)NC(C)CCC. The Labute approximate surface area is 126 Å². The molecular weight excluding hydrogens is 248 g/mol. The van der Waals surface area contributed by atoms with Crippen molar-refractivity contribution in [3.05, 3.63) is 0 Å². The second kappa shape index (κ2) is 14.8. The van der Waals surface area contributed by atoms with E-state index >= 15 is 0 Å². The number of carbonyl (C=O) groups excluding carboxylic acids is 1. The predicted molar refractivity (Wildman–Crippen MR) is 88.0 cm³/mol. The van der Waals surface area contributed by atoms with E-state index < -0.39 is 0 Å². The highest BCUT2D eigenvalue weighted by atomic mass is 16.1. The van der Waals surface area contributed by atoms with Crippen molar-refractivity contribution in [3.8, 4) is 0 Å². The van der Waals surface area contributed by atoms with E-state index in [0.29, 0.717) is 12.6 Å². The monoisotopic (exact) mass is 284 g/mol. The Kier molecular flexibility index (Phi) is 14.4. The Bertz CT molecular complexity index is 219. The van der Waals surface area contributed by atoms with Gasteiger partial charge in [-0.25, -0.2) is 0 Å². The first-order valence-electron chi connectivity index (χ1n) is 8.70. The highest BCUT2D eigenvalue weighted by molar-refractivity contribution is 5.78. The van der Waals surface area contributed by atoms with Gasteiger partial charge in [0.1, 0.15) is 0 Å². The number of amides is 1. The summed E-state index contributed by atoms with van der Waals surface area (Å²) >= 11 is 0. The molecule has 0 fully saturated rings. The van der Waals surface area contributed by atoms with Crippen LogP contribution in [0.25, 0.3) is 0 Å². The van der Waals surface area contributed by atoms with Crippen LogP contribution >= 0.6 is 0 Å². The first-order chi connectivity index (χ1) is 9.70. The lowest BCUT2D eigenvalue weighted by Gasteiger charge is -2.13. The van der Waals surface area contributed by atoms with E-state index in [9.17, 15) is 4.79 Å². The van der Waals surface area contributed by atoms with Gasteiger partial charge in [0.2, 0.25) is 5.91 Å². The summed E-state index contributed by atoms with van der Waals surface area (Å²) in [5, 5.41) is 6.24. The molecule has 1 atom stereocenters. The van der Waals surface area contributed by atoms with Gasteiger partial charge in [-0.2, -0.15) is 0 Å². The minimum absolute atomic E-state index is 0.130. The molecule has 0 saturated carbocycles. The first kappa shape index (κ1) is 19.4. The number of rotatable bonds is 14. The molecule has 0 aliphatic heterocycles. The molecule has 3 nitrogen and oxygen atoms in total. The maximum atomic E-state index is 11.6. The average molecular weight is 284 g/mol. The fraction of sp³-hybridized carbons (Fsp3) is 0.941. The summed E-state index contributed by atoms with van der Waals surface area (Å²) in [5.74, 6) is 0.130. The minimum Gasteiger partial charge on any atom is -0.353 e. The van der Waals surface area contributed by atoms with Crippen LogP contribution in [-0.2, 0) is 4.79 Å². The van der Waals surface area contributed by atoms with Gasteiger partial charge in [-0.05, 0) is 26.3 Å². The Hall–Kier alpha value is -0.570. The Morgan fingerprint density at radius 2 is 1.50 bits per heavy atom. The summed E-state index contributed by atoms with van der Waals surface area (Å²) in [7, 11) is 0. The van der Waals surface area contributed by atoms with Crippen molar-refractivity contribution in [1.29, 1.82) is 0 Å². The van der Waals surface area contributed by atoms with Crippen molar-refractivity contribution in [2.75, 3.05) is 13.1 Å². The zero-order valence-electron chi connectivity index (χ0n) is 14.0. The Morgan fingerprint density at radius 1 is 0.900 bits per heavy atom. The summed E-state index contributed by atoms with van der Waals surface area (Å²) in [6.45, 7) is 7.89. The van der Waals surface area contributed by atoms with Crippen molar-refractivity contribution < 1.29 is 4.79 Å². The number of hydrogen-bond donors (Lipinski definition) is 2. The van der Waals surface area contributed by atoms with Gasteiger partial charge in [0.25, 0.3) is 0 Å². The molecule has 1 amide bonds. The lowest BCUT2D eigenvalue weighted by Crippen LogP contribution is -2.39. The molecular formula is C17H36N2O. The lowest BCUT2D eigenvalue weighted by molar-refractivity contribution is -0.120. The first-order valence-corrected chi connectivity index (χ1v) is 8.70. The largest absolute Gasteiger partial charge is 0.353 e. The molecule has 2 N–H and O–H groups in total. The molecule has 1 unspecified atom stereocenters. The lowest BCUT2D eigenvalue weighted by atomic mass is 10.1. The zero-order chi connectivity index (χ0) is 15.1. The van der Waals surface area contributed by atoms with Crippen LogP contribution in [0.1, 0.15) is 85.0 Å². The van der Waals surface area contributed by atoms with E-state index in [1.807, 2.05) is 0 Å². The van der Waals surface area contributed by atoms with Gasteiger partial charge in [-0.15, -0.1) is 0 Å². The third-order valence-electron chi connectivity index (χ3n) is 3.62. The summed E-state index contributed by atoms with van der Waals surface area (Å²) in [6.07, 6.45) is 12.8. The fourth-order valence-corrected chi connectivity index (χ4v) is 2.42. The smallest absolute Gasteiger partial charge is 0.234 e. The van der Waals surface area contributed by atoms with Crippen molar-refractivity contribution >= 4 is 5.91 Å². The second-order valence-electron chi connectivity index (χ2n) is 5.91. The quantitative estimate of drug-likeness (QED) is 0.473. The summed E-state index contributed by atoms with van der Waals surface area (Å²) in [6, 6.07) is 0.303. The van der Waals surface area contributed by atoms with Crippen LogP contribution in [0.4, 0.5) is 0 Å². The number of hydrogen-bond acceptors (Lipinski definition) is 2. The molecule has 0 aromatic rings. The van der Waals surface area contributed by atoms with Crippen LogP contribution in [0.5, 0.6) is 0 Å². The fourth-order valence-electron chi connectivity index (χ4n) is 2.42. The molecule has 0 aromatic heterocycles. The van der Waals surface area contributed by atoms with Crippen LogP contribution in [0.15, 0.2) is 0 Å². The molecule has 0 radical (unpaired) electrons. The molecule has 20 heavy (non-hydrogen) atoms. The summed E-state index contributed by atoms with van der Waals surface area (Å²) in [5.41, 5.74) is 0. The molecule has 0 aromatic carbocycles. The van der Waals surface area contributed by atoms with Gasteiger partial charge in [0.15, 0.2) is 0 Å². The van der Waals surface area contributed by atoms with Crippen molar-refractivity contribution in [1.82, 2.24) is 10.6 Å². The van der Waals surface area contributed by atoms with E-state index in [-0.39, 0.29) is 5.91 Å². The van der Waals surface area contributed by atoms with Crippen LogP contribution in [0.3, 0.4) is 0 Å². The van der Waals surface area contributed by atoms with Gasteiger partial charge in [0.05, 0.1) is 6.54 Å². The van der Waals surface area contributed by atoms with Crippen LogP contribution in [0.2, 0.25) is 0 Å². The molecule has 0 aliphatic rings. The van der Waals surface area contributed by atoms with Gasteiger partial charge >= 0.3 is 0 Å². The van der Waals surface area contributed by atoms with Crippen LogP contribution < -0.4 is 10.6 Å². The predicted octanol–water partition coefficient (Wildman–Crippen LogP) is 4.02. The number of unbranched alkanes of at least 4 members (excludes halogenated alkanes) is 7. The van der Waals surface area contributed by atoms with Crippen LogP contribution in [-0.4, -0.2) is 25.0 Å². The number of carbonyl (C=O) groups is 1. The van der Waals surface area contributed by atoms with E-state index in [1.54, 1.807) is 0 Å². The molecule has 0 aliphatic carbocycles. The highest BCUT2D eigenvalue weighted by Gasteiger charge is 2.05. The van der Waals surface area contributed by atoms with Gasteiger partial charge in [0, 0.05) is 6.04 Å². The normalized spacial score (nSPS) is 12.3. The Morgan fingerprint density at radius 3 is 2.10 bits per heavy atom. The third-order valence-corrected chi connectivity index (χ3v) is 3.62. The van der Waals surface area contributed by atoms with Gasteiger partial charge < -0.3 is 10.6 Å². The Balaban J connectivity index is 3.21. The molecule has 0 saturated heterocycles. The topological polar surface area (TPSA) is 41.1 Å². The molecule has 0 spiro atoms. The maximum absolute atomic E-state index is 11.6. The summed E-state index contributed by atoms with van der Waals surface area (Å²) < 4.78 is 0. The van der Waals surface area contributed by atoms with E-state index in [2.05, 4.69) is 31.4 Å². The van der Waals surface area contributed by atoms with E-state index in [4.69, 9.17) is 0 Å². The molecule has 120 valence electrons. The van der Waals surface area contributed by atoms with Crippen LogP contribution in [0, 0.1) is 0 Å². The molecule has 0 rings (SSSR count). The molecule has 0 bridgehead atoms. The standard InChI is InChI=1S/C17H36N2O/c1-4-6-7-8-9-10-11-12-14-18-15-17(20)19-16(3)13-5-2/h16,18H,4-15H2,1-3H3,(H,19,20). The molecule has 0 heterocycles. The minimum atomic E-state index is 0.130. The highest BCUT2D eigenvalue weighted by Crippen LogP contribution is 2.07. The maximum Gasteiger partial charge on any atom is 0.234 e. The zero-order valence-corrected chi connectivity index (χ0v) is 14.0. The van der Waals surface area contributed by atoms with Gasteiger partial charge in [-0.1, -0.05) is 65.2 Å². The number of nitrogens with one attached hydrogen (secondary N) is 2. The molecule has 3 heteroatoms. The second-order valence-corrected chi connectivity index (χ2v) is 5.91. The van der Waals surface area contributed by atoms with E-state index in [0.717, 1.165) is 19.4 Å². The third kappa shape index (κ3) is 13.9. The average Bonchev–Trinajstić information content (AvgIpc) is 2.41. The van der Waals surface area contributed by atoms with Crippen molar-refractivity contribution in [2.24, 2.45) is 0 Å². The van der Waals surface area contributed by atoms with Crippen molar-refractivity contribution in [2.45, 2.75) is 91.0 Å². The van der Waals surface area contributed by atoms with Gasteiger partial charge in [-0.3, -0.25) is 4.79 Å². The summed E-state index contributed by atoms with van der Waals surface area (Å²) in [4.78, 5) is 11.6. The van der Waals surface area contributed by atoms with E-state index in [1.165, 1.54) is 51.4 Å².